The maximum absolute atomic E-state index is 3.95. The second-order valence-electron chi connectivity index (χ2n) is 3.47. The molecule has 0 saturated carbocycles. The highest BCUT2D eigenvalue weighted by Crippen LogP contribution is 2.18. The van der Waals surface area contributed by atoms with Crippen LogP contribution in [0.3, 0.4) is 0 Å². The molecule has 0 aromatic heterocycles. The van der Waals surface area contributed by atoms with Crippen LogP contribution in [-0.2, 0) is 0 Å². The largest absolute Gasteiger partial charge is 0.371 e. The minimum atomic E-state index is 1.02. The van der Waals surface area contributed by atoms with Crippen LogP contribution in [0.15, 0.2) is 47.3 Å². The normalized spacial score (nSPS) is 18.1. The molecule has 15 heavy (non-hydrogen) atoms. The van der Waals surface area contributed by atoms with E-state index in [0.717, 1.165) is 31.6 Å². The van der Waals surface area contributed by atoms with Crippen LogP contribution in [0.1, 0.15) is 12.8 Å². The first-order valence-electron chi connectivity index (χ1n) is 5.19. The van der Waals surface area contributed by atoms with E-state index >= 15 is 0 Å². The molecule has 0 spiro atoms. The summed E-state index contributed by atoms with van der Waals surface area (Å²) in [7, 11) is 1.77. The summed E-state index contributed by atoms with van der Waals surface area (Å²) in [6.07, 6.45) is 7.78. The number of rotatable bonds is 3. The molecule has 0 bridgehead atoms. The summed E-state index contributed by atoms with van der Waals surface area (Å²) in [6, 6.07) is 0. The third kappa shape index (κ3) is 3.26. The average Bonchev–Trinajstić information content (AvgIpc) is 2.31. The summed E-state index contributed by atoms with van der Waals surface area (Å²) in [6.45, 7) is 9.55. The zero-order valence-corrected chi connectivity index (χ0v) is 9.37. The third-order valence-electron chi connectivity index (χ3n) is 2.59. The topological polar surface area (TPSA) is 15.6 Å². The van der Waals surface area contributed by atoms with Gasteiger partial charge in [-0.25, -0.2) is 0 Å². The molecule has 2 heteroatoms. The number of likely N-dealkylation sites (tertiary alicyclic amines) is 1. The van der Waals surface area contributed by atoms with Gasteiger partial charge in [0.2, 0.25) is 0 Å². The highest BCUT2D eigenvalue weighted by Gasteiger charge is 2.13. The van der Waals surface area contributed by atoms with Crippen LogP contribution >= 0.6 is 0 Å². The lowest BCUT2D eigenvalue weighted by atomic mass is 10.0. The standard InChI is InChI=1S/C13H18N2/c1-4-12-7-10-15(11-8-12)13(5-2)6-9-14-3/h5-6,9H,1-2,7-8,10-11H2,3H3/b13-6+,14-9?. The lowest BCUT2D eigenvalue weighted by molar-refractivity contribution is 0.331. The zero-order chi connectivity index (χ0) is 11.1. The fourth-order valence-electron chi connectivity index (χ4n) is 1.67. The van der Waals surface area contributed by atoms with Gasteiger partial charge < -0.3 is 4.90 Å². The van der Waals surface area contributed by atoms with Gasteiger partial charge in [0.1, 0.15) is 0 Å². The number of aliphatic imine (C=N–C) groups is 1. The van der Waals surface area contributed by atoms with E-state index in [1.54, 1.807) is 13.3 Å². The lowest BCUT2D eigenvalue weighted by Crippen LogP contribution is -2.29. The van der Waals surface area contributed by atoms with Crippen molar-refractivity contribution in [2.75, 3.05) is 20.1 Å². The second kappa shape index (κ2) is 6.05. The zero-order valence-electron chi connectivity index (χ0n) is 9.37. The van der Waals surface area contributed by atoms with E-state index in [4.69, 9.17) is 0 Å². The summed E-state index contributed by atoms with van der Waals surface area (Å²) in [5, 5.41) is 0. The summed E-state index contributed by atoms with van der Waals surface area (Å²) < 4.78 is 0. The Morgan fingerprint density at radius 3 is 2.60 bits per heavy atom. The molecular formula is C13H18N2. The first-order chi connectivity index (χ1) is 7.31. The Morgan fingerprint density at radius 2 is 2.13 bits per heavy atom. The van der Waals surface area contributed by atoms with Crippen molar-refractivity contribution >= 4 is 6.21 Å². The molecule has 1 rings (SSSR count). The highest BCUT2D eigenvalue weighted by atomic mass is 15.1. The first-order valence-corrected chi connectivity index (χ1v) is 5.19. The number of nitrogens with zero attached hydrogens (tertiary/aromatic N) is 2. The van der Waals surface area contributed by atoms with Crippen LogP contribution in [-0.4, -0.2) is 31.3 Å². The van der Waals surface area contributed by atoms with Crippen molar-refractivity contribution in [2.24, 2.45) is 4.99 Å². The van der Waals surface area contributed by atoms with Crippen molar-refractivity contribution < 1.29 is 0 Å². The number of allylic oxidation sites excluding steroid dienone is 2. The second-order valence-corrected chi connectivity index (χ2v) is 3.47. The molecule has 1 aliphatic heterocycles. The van der Waals surface area contributed by atoms with Crippen LogP contribution < -0.4 is 0 Å². The fourth-order valence-corrected chi connectivity index (χ4v) is 1.67. The van der Waals surface area contributed by atoms with Gasteiger partial charge in [-0.3, -0.25) is 4.99 Å². The molecule has 1 heterocycles. The van der Waals surface area contributed by atoms with Gasteiger partial charge in [-0.05, 0) is 30.6 Å². The fraction of sp³-hybridized carbons (Fsp3) is 0.385. The number of piperidine rings is 1. The van der Waals surface area contributed by atoms with Crippen LogP contribution in [0.5, 0.6) is 0 Å². The van der Waals surface area contributed by atoms with E-state index in [0.29, 0.717) is 0 Å². The highest BCUT2D eigenvalue weighted by molar-refractivity contribution is 5.72. The molecule has 0 aromatic carbocycles. The summed E-state index contributed by atoms with van der Waals surface area (Å²) in [5.41, 5.74) is 5.47. The molecule has 2 nitrogen and oxygen atoms in total. The predicted molar refractivity (Wildman–Crippen MR) is 66.2 cm³/mol. The van der Waals surface area contributed by atoms with E-state index in [-0.39, 0.29) is 0 Å². The summed E-state index contributed by atoms with van der Waals surface area (Å²) in [5.74, 6) is 0. The molecular weight excluding hydrogens is 184 g/mol. The SMILES string of the molecule is C=C=C1CCN(/C(C=C)=C/C=NC)CC1. The van der Waals surface area contributed by atoms with Gasteiger partial charge >= 0.3 is 0 Å². The maximum Gasteiger partial charge on any atom is 0.0375 e. The molecule has 0 unspecified atom stereocenters. The lowest BCUT2D eigenvalue weighted by Gasteiger charge is -2.30. The molecule has 80 valence electrons. The molecule has 0 radical (unpaired) electrons. The van der Waals surface area contributed by atoms with Gasteiger partial charge in [0.05, 0.1) is 0 Å². The van der Waals surface area contributed by atoms with Crippen molar-refractivity contribution in [2.45, 2.75) is 12.8 Å². The van der Waals surface area contributed by atoms with E-state index in [1.165, 1.54) is 5.57 Å². The van der Waals surface area contributed by atoms with Crippen LogP contribution in [0.25, 0.3) is 0 Å². The minimum Gasteiger partial charge on any atom is -0.371 e. The number of hydrogen-bond acceptors (Lipinski definition) is 2. The monoisotopic (exact) mass is 202 g/mol. The average molecular weight is 202 g/mol. The molecule has 1 fully saturated rings. The van der Waals surface area contributed by atoms with Gasteiger partial charge in [-0.1, -0.05) is 13.2 Å². The van der Waals surface area contributed by atoms with Gasteiger partial charge in [0.25, 0.3) is 0 Å². The van der Waals surface area contributed by atoms with Crippen molar-refractivity contribution in [1.29, 1.82) is 0 Å². The van der Waals surface area contributed by atoms with Gasteiger partial charge in [0, 0.05) is 32.0 Å². The Labute approximate surface area is 92.0 Å². The van der Waals surface area contributed by atoms with Gasteiger partial charge in [-0.15, -0.1) is 5.73 Å². The van der Waals surface area contributed by atoms with Crippen molar-refractivity contribution in [3.8, 4) is 0 Å². The molecule has 1 aliphatic rings. The summed E-state index contributed by atoms with van der Waals surface area (Å²) >= 11 is 0. The van der Waals surface area contributed by atoms with Gasteiger partial charge in [-0.2, -0.15) is 0 Å². The molecule has 0 aromatic rings. The number of hydrogen-bond donors (Lipinski definition) is 0. The van der Waals surface area contributed by atoms with E-state index < -0.39 is 0 Å². The van der Waals surface area contributed by atoms with Crippen molar-refractivity contribution in [3.63, 3.8) is 0 Å². The Kier molecular flexibility index (Phi) is 4.65. The Bertz CT molecular complexity index is 320. The van der Waals surface area contributed by atoms with Crippen LogP contribution in [0, 0.1) is 0 Å². The molecule has 0 amide bonds. The van der Waals surface area contributed by atoms with E-state index in [1.807, 2.05) is 12.2 Å². The van der Waals surface area contributed by atoms with E-state index in [9.17, 15) is 0 Å². The first kappa shape index (κ1) is 11.5. The van der Waals surface area contributed by atoms with Crippen molar-refractivity contribution in [3.05, 3.63) is 42.3 Å². The third-order valence-corrected chi connectivity index (χ3v) is 2.59. The maximum atomic E-state index is 3.95. The summed E-state index contributed by atoms with van der Waals surface area (Å²) in [4.78, 5) is 6.26. The van der Waals surface area contributed by atoms with Crippen LogP contribution in [0.2, 0.25) is 0 Å². The van der Waals surface area contributed by atoms with Crippen LogP contribution in [0.4, 0.5) is 0 Å². The Morgan fingerprint density at radius 1 is 1.47 bits per heavy atom. The molecule has 0 atom stereocenters. The van der Waals surface area contributed by atoms with Gasteiger partial charge in [0.15, 0.2) is 0 Å². The quantitative estimate of drug-likeness (QED) is 0.390. The minimum absolute atomic E-state index is 1.02. The molecule has 1 saturated heterocycles. The smallest absolute Gasteiger partial charge is 0.0375 e. The van der Waals surface area contributed by atoms with Crippen molar-refractivity contribution in [1.82, 2.24) is 4.90 Å². The van der Waals surface area contributed by atoms with E-state index in [2.05, 4.69) is 28.8 Å². The molecule has 0 aliphatic carbocycles. The Hall–Kier alpha value is -1.53. The Balaban J connectivity index is 2.65. The molecule has 0 N–H and O–H groups in total. The predicted octanol–water partition coefficient (Wildman–Crippen LogP) is 2.56.